The van der Waals surface area contributed by atoms with E-state index in [-0.39, 0.29) is 6.04 Å². The summed E-state index contributed by atoms with van der Waals surface area (Å²) < 4.78 is 4.95. The number of nitrogens with zero attached hydrogens (tertiary/aromatic N) is 2. The zero-order valence-corrected chi connectivity index (χ0v) is 10.0. The molecule has 1 unspecified atom stereocenters. The molecule has 4 nitrogen and oxygen atoms in total. The van der Waals surface area contributed by atoms with Crippen LogP contribution < -0.4 is 0 Å². The molecule has 1 saturated heterocycles. The van der Waals surface area contributed by atoms with Crippen molar-refractivity contribution < 1.29 is 9.53 Å². The van der Waals surface area contributed by atoms with Crippen molar-refractivity contribution >= 4 is 5.78 Å². The van der Waals surface area contributed by atoms with Crippen molar-refractivity contribution in [1.82, 2.24) is 9.80 Å². The Morgan fingerprint density at radius 1 is 1.40 bits per heavy atom. The van der Waals surface area contributed by atoms with Crippen LogP contribution in [-0.2, 0) is 9.53 Å². The molecule has 1 fully saturated rings. The number of carbonyl (C=O) groups excluding carboxylic acids is 1. The first-order valence-corrected chi connectivity index (χ1v) is 5.55. The molecule has 0 N–H and O–H groups in total. The molecular weight excluding hydrogens is 192 g/mol. The van der Waals surface area contributed by atoms with Crippen molar-refractivity contribution in [3.63, 3.8) is 0 Å². The van der Waals surface area contributed by atoms with Gasteiger partial charge in [0, 0.05) is 39.8 Å². The van der Waals surface area contributed by atoms with Gasteiger partial charge in [0.05, 0.1) is 6.04 Å². The monoisotopic (exact) mass is 214 g/mol. The number of hydrogen-bond donors (Lipinski definition) is 0. The third-order valence-corrected chi connectivity index (χ3v) is 2.99. The first-order chi connectivity index (χ1) is 7.15. The summed E-state index contributed by atoms with van der Waals surface area (Å²) in [7, 11) is 5.78. The fourth-order valence-corrected chi connectivity index (χ4v) is 1.92. The molecule has 0 aliphatic carbocycles. The van der Waals surface area contributed by atoms with Crippen molar-refractivity contribution in [2.24, 2.45) is 0 Å². The van der Waals surface area contributed by atoms with Gasteiger partial charge in [0.15, 0.2) is 5.78 Å². The molecule has 1 heterocycles. The van der Waals surface area contributed by atoms with E-state index < -0.39 is 0 Å². The topological polar surface area (TPSA) is 32.8 Å². The molecule has 1 atom stereocenters. The number of hydrogen-bond acceptors (Lipinski definition) is 4. The van der Waals surface area contributed by atoms with Crippen molar-refractivity contribution in [2.75, 3.05) is 47.4 Å². The highest BCUT2D eigenvalue weighted by molar-refractivity contribution is 5.84. The van der Waals surface area contributed by atoms with Crippen LogP contribution in [0.15, 0.2) is 0 Å². The molecule has 1 aliphatic rings. The van der Waals surface area contributed by atoms with Gasteiger partial charge < -0.3 is 9.64 Å². The van der Waals surface area contributed by atoms with Crippen LogP contribution in [0.4, 0.5) is 0 Å². The minimum atomic E-state index is 0.0839. The highest BCUT2D eigenvalue weighted by Gasteiger charge is 2.27. The summed E-state index contributed by atoms with van der Waals surface area (Å²) in [5.74, 6) is 0.348. The van der Waals surface area contributed by atoms with Gasteiger partial charge in [-0.1, -0.05) is 0 Å². The summed E-state index contributed by atoms with van der Waals surface area (Å²) in [5, 5.41) is 0. The number of methoxy groups -OCH3 is 1. The van der Waals surface area contributed by atoms with E-state index in [0.717, 1.165) is 26.1 Å². The maximum Gasteiger partial charge on any atom is 0.151 e. The zero-order valence-electron chi connectivity index (χ0n) is 10.0. The van der Waals surface area contributed by atoms with Gasteiger partial charge in [-0.2, -0.15) is 0 Å². The largest absolute Gasteiger partial charge is 0.385 e. The molecule has 0 radical (unpaired) electrons. The number of piperazine rings is 1. The second kappa shape index (κ2) is 6.20. The van der Waals surface area contributed by atoms with Gasteiger partial charge in [0.1, 0.15) is 0 Å². The normalized spacial score (nSPS) is 24.3. The predicted octanol–water partition coefficient (Wildman–Crippen LogP) is 0.228. The van der Waals surface area contributed by atoms with E-state index in [1.807, 2.05) is 7.05 Å². The third-order valence-electron chi connectivity index (χ3n) is 2.99. The zero-order chi connectivity index (χ0) is 11.3. The van der Waals surface area contributed by atoms with Crippen LogP contribution in [0.25, 0.3) is 0 Å². The Kier molecular flexibility index (Phi) is 5.22. The average Bonchev–Trinajstić information content (AvgIpc) is 2.22. The Morgan fingerprint density at radius 2 is 2.13 bits per heavy atom. The number of rotatable bonds is 5. The first kappa shape index (κ1) is 12.6. The predicted molar refractivity (Wildman–Crippen MR) is 60.0 cm³/mol. The van der Waals surface area contributed by atoms with Gasteiger partial charge in [-0.25, -0.2) is 0 Å². The highest BCUT2D eigenvalue weighted by atomic mass is 16.5. The van der Waals surface area contributed by atoms with Gasteiger partial charge in [-0.3, -0.25) is 9.69 Å². The molecule has 1 aliphatic heterocycles. The lowest BCUT2D eigenvalue weighted by molar-refractivity contribution is -0.126. The first-order valence-electron chi connectivity index (χ1n) is 5.55. The molecular formula is C11H22N2O2. The van der Waals surface area contributed by atoms with E-state index in [1.54, 1.807) is 7.11 Å². The molecule has 88 valence electrons. The standard InChI is InChI=1S/C11H22N2O2/c1-12-6-7-13(2)10(9-12)11(14)5-4-8-15-3/h10H,4-9H2,1-3H3. The lowest BCUT2D eigenvalue weighted by Gasteiger charge is -2.36. The van der Waals surface area contributed by atoms with E-state index in [4.69, 9.17) is 4.74 Å². The van der Waals surface area contributed by atoms with Crippen LogP contribution in [0.1, 0.15) is 12.8 Å². The number of ketones is 1. The second-order valence-electron chi connectivity index (χ2n) is 4.32. The van der Waals surface area contributed by atoms with Crippen LogP contribution in [0.2, 0.25) is 0 Å². The summed E-state index contributed by atoms with van der Waals surface area (Å²) in [6.07, 6.45) is 1.47. The van der Waals surface area contributed by atoms with Crippen molar-refractivity contribution in [2.45, 2.75) is 18.9 Å². The van der Waals surface area contributed by atoms with Gasteiger partial charge >= 0.3 is 0 Å². The Balaban J connectivity index is 2.35. The molecule has 0 spiro atoms. The molecule has 0 bridgehead atoms. The summed E-state index contributed by atoms with van der Waals surface area (Å²) in [4.78, 5) is 16.3. The molecule has 0 aromatic carbocycles. The molecule has 0 saturated carbocycles. The quantitative estimate of drug-likeness (QED) is 0.613. The Morgan fingerprint density at radius 3 is 2.80 bits per heavy atom. The SMILES string of the molecule is COCCCC(=O)C1CN(C)CCN1C. The van der Waals surface area contributed by atoms with Crippen LogP contribution in [0.3, 0.4) is 0 Å². The van der Waals surface area contributed by atoms with Crippen molar-refractivity contribution in [3.05, 3.63) is 0 Å². The summed E-state index contributed by atoms with van der Waals surface area (Å²) >= 11 is 0. The molecule has 0 aromatic heterocycles. The maximum atomic E-state index is 11.9. The van der Waals surface area contributed by atoms with E-state index in [0.29, 0.717) is 18.8 Å². The van der Waals surface area contributed by atoms with Gasteiger partial charge in [-0.15, -0.1) is 0 Å². The minimum absolute atomic E-state index is 0.0839. The Bertz CT molecular complexity index is 209. The van der Waals surface area contributed by atoms with Crippen LogP contribution in [0, 0.1) is 0 Å². The smallest absolute Gasteiger partial charge is 0.151 e. The molecule has 0 amide bonds. The second-order valence-corrected chi connectivity index (χ2v) is 4.32. The van der Waals surface area contributed by atoms with Crippen molar-refractivity contribution in [1.29, 1.82) is 0 Å². The lowest BCUT2D eigenvalue weighted by atomic mass is 10.0. The molecule has 15 heavy (non-hydrogen) atoms. The Hall–Kier alpha value is -0.450. The van der Waals surface area contributed by atoms with Crippen LogP contribution in [0.5, 0.6) is 0 Å². The summed E-state index contributed by atoms with van der Waals surface area (Å²) in [5.41, 5.74) is 0. The minimum Gasteiger partial charge on any atom is -0.385 e. The van der Waals surface area contributed by atoms with Gasteiger partial charge in [-0.05, 0) is 20.5 Å². The van der Waals surface area contributed by atoms with E-state index in [1.165, 1.54) is 0 Å². The number of likely N-dealkylation sites (N-methyl/N-ethyl adjacent to an activating group) is 2. The average molecular weight is 214 g/mol. The fourth-order valence-electron chi connectivity index (χ4n) is 1.92. The number of carbonyl (C=O) groups is 1. The Labute approximate surface area is 92.2 Å². The lowest BCUT2D eigenvalue weighted by Crippen LogP contribution is -2.53. The van der Waals surface area contributed by atoms with Crippen LogP contribution in [-0.4, -0.2) is 69.1 Å². The van der Waals surface area contributed by atoms with E-state index in [9.17, 15) is 4.79 Å². The number of Topliss-reactive ketones (excluding diaryl/α,β-unsaturated/α-hetero) is 1. The number of ether oxygens (including phenoxy) is 1. The summed E-state index contributed by atoms with van der Waals surface area (Å²) in [6, 6.07) is 0.0839. The van der Waals surface area contributed by atoms with Gasteiger partial charge in [0.2, 0.25) is 0 Å². The third kappa shape index (κ3) is 3.89. The molecule has 1 rings (SSSR count). The van der Waals surface area contributed by atoms with Crippen LogP contribution >= 0.6 is 0 Å². The van der Waals surface area contributed by atoms with E-state index in [2.05, 4.69) is 16.8 Å². The van der Waals surface area contributed by atoms with E-state index >= 15 is 0 Å². The molecule has 4 heteroatoms. The maximum absolute atomic E-state index is 11.9. The highest BCUT2D eigenvalue weighted by Crippen LogP contribution is 2.09. The molecule has 0 aromatic rings. The van der Waals surface area contributed by atoms with Crippen molar-refractivity contribution in [3.8, 4) is 0 Å². The van der Waals surface area contributed by atoms with Gasteiger partial charge in [0.25, 0.3) is 0 Å². The fraction of sp³-hybridized carbons (Fsp3) is 0.909. The summed E-state index contributed by atoms with van der Waals surface area (Å²) in [6.45, 7) is 3.58.